The number of hydrogen-bond acceptors (Lipinski definition) is 5. The molecular formula is C20H25N3O3S2. The van der Waals surface area contributed by atoms with E-state index in [1.54, 1.807) is 23.2 Å². The van der Waals surface area contributed by atoms with Gasteiger partial charge in [0.2, 0.25) is 15.9 Å². The first-order valence-electron chi connectivity index (χ1n) is 9.41. The Labute approximate surface area is 171 Å². The summed E-state index contributed by atoms with van der Waals surface area (Å²) in [4.78, 5) is 18.6. The Morgan fingerprint density at radius 3 is 2.39 bits per heavy atom. The molecular weight excluding hydrogens is 394 g/mol. The molecule has 0 unspecified atom stereocenters. The highest BCUT2D eigenvalue weighted by molar-refractivity contribution is 7.99. The number of aryl methyl sites for hydroxylation is 1. The van der Waals surface area contributed by atoms with E-state index in [9.17, 15) is 13.2 Å². The van der Waals surface area contributed by atoms with Crippen molar-refractivity contribution < 1.29 is 13.2 Å². The van der Waals surface area contributed by atoms with E-state index < -0.39 is 10.0 Å². The molecule has 1 aliphatic rings. The Morgan fingerprint density at radius 2 is 1.79 bits per heavy atom. The van der Waals surface area contributed by atoms with Crippen LogP contribution < -0.4 is 0 Å². The maximum atomic E-state index is 12.9. The van der Waals surface area contributed by atoms with Gasteiger partial charge in [-0.1, -0.05) is 43.3 Å². The van der Waals surface area contributed by atoms with E-state index in [0.717, 1.165) is 23.4 Å². The van der Waals surface area contributed by atoms with E-state index in [1.807, 2.05) is 30.3 Å². The van der Waals surface area contributed by atoms with Gasteiger partial charge in [-0.15, -0.1) is 0 Å². The molecule has 1 aromatic carbocycles. The average molecular weight is 420 g/mol. The van der Waals surface area contributed by atoms with Crippen LogP contribution in [0.15, 0.2) is 58.6 Å². The zero-order valence-electron chi connectivity index (χ0n) is 16.0. The van der Waals surface area contributed by atoms with Gasteiger partial charge in [0.05, 0.1) is 15.7 Å². The van der Waals surface area contributed by atoms with Crippen molar-refractivity contribution in [3.05, 3.63) is 54.2 Å². The Hall–Kier alpha value is -1.90. The normalized spacial score (nSPS) is 15.5. The van der Waals surface area contributed by atoms with Crippen LogP contribution in [0.2, 0.25) is 0 Å². The lowest BCUT2D eigenvalue weighted by Crippen LogP contribution is -2.50. The van der Waals surface area contributed by atoms with E-state index >= 15 is 0 Å². The third kappa shape index (κ3) is 5.12. The molecule has 1 amide bonds. The molecule has 150 valence electrons. The summed E-state index contributed by atoms with van der Waals surface area (Å²) in [7, 11) is -3.52. The summed E-state index contributed by atoms with van der Waals surface area (Å²) in [5, 5.41) is 0.809. The molecule has 0 atom stereocenters. The summed E-state index contributed by atoms with van der Waals surface area (Å²) in [6, 6.07) is 12.7. The van der Waals surface area contributed by atoms with Crippen LogP contribution in [-0.4, -0.2) is 60.4 Å². The van der Waals surface area contributed by atoms with Crippen molar-refractivity contribution >= 4 is 27.7 Å². The number of nitrogens with zero attached hydrogens (tertiary/aromatic N) is 3. The van der Waals surface area contributed by atoms with Crippen molar-refractivity contribution in [1.29, 1.82) is 0 Å². The van der Waals surface area contributed by atoms with Crippen LogP contribution in [0.25, 0.3) is 0 Å². The topological polar surface area (TPSA) is 70.6 Å². The van der Waals surface area contributed by atoms with E-state index in [4.69, 9.17) is 0 Å². The van der Waals surface area contributed by atoms with Gasteiger partial charge in [0.25, 0.3) is 0 Å². The number of benzene rings is 1. The number of pyridine rings is 1. The monoisotopic (exact) mass is 419 g/mol. The number of sulfonamides is 1. The molecule has 1 saturated heterocycles. The van der Waals surface area contributed by atoms with Crippen LogP contribution in [0.5, 0.6) is 0 Å². The van der Waals surface area contributed by atoms with Gasteiger partial charge in [-0.3, -0.25) is 4.79 Å². The number of amides is 1. The number of thioether (sulfide) groups is 1. The fourth-order valence-corrected chi connectivity index (χ4v) is 5.29. The van der Waals surface area contributed by atoms with Gasteiger partial charge in [-0.2, -0.15) is 4.31 Å². The summed E-state index contributed by atoms with van der Waals surface area (Å²) in [6.45, 7) is 3.56. The lowest BCUT2D eigenvalue weighted by Gasteiger charge is -2.34. The van der Waals surface area contributed by atoms with Crippen LogP contribution in [0.1, 0.15) is 18.9 Å². The van der Waals surface area contributed by atoms with Gasteiger partial charge in [0.15, 0.2) is 0 Å². The lowest BCUT2D eigenvalue weighted by molar-refractivity contribution is -0.129. The minimum Gasteiger partial charge on any atom is -0.339 e. The SMILES string of the molecule is CCCc1ccc(S(=O)(=O)N2CCN(C(=O)CSc3ccccn3)CC2)cc1. The third-order valence-electron chi connectivity index (χ3n) is 4.67. The van der Waals surface area contributed by atoms with Crippen LogP contribution in [-0.2, 0) is 21.2 Å². The molecule has 3 rings (SSSR count). The summed E-state index contributed by atoms with van der Waals surface area (Å²) in [5.74, 6) is 0.319. The molecule has 1 aromatic heterocycles. The minimum atomic E-state index is -3.52. The molecule has 28 heavy (non-hydrogen) atoms. The number of rotatable bonds is 7. The van der Waals surface area contributed by atoms with E-state index in [1.165, 1.54) is 16.1 Å². The molecule has 2 aromatic rings. The Bertz CT molecular complexity index is 879. The molecule has 8 heteroatoms. The van der Waals surface area contributed by atoms with Crippen LogP contribution >= 0.6 is 11.8 Å². The first kappa shape index (κ1) is 20.8. The van der Waals surface area contributed by atoms with Crippen molar-refractivity contribution in [3.63, 3.8) is 0 Å². The maximum Gasteiger partial charge on any atom is 0.243 e. The highest BCUT2D eigenvalue weighted by atomic mass is 32.2. The summed E-state index contributed by atoms with van der Waals surface area (Å²) >= 11 is 1.40. The summed E-state index contributed by atoms with van der Waals surface area (Å²) < 4.78 is 27.2. The van der Waals surface area contributed by atoms with Crippen molar-refractivity contribution in [3.8, 4) is 0 Å². The quantitative estimate of drug-likeness (QED) is 0.646. The minimum absolute atomic E-state index is 0.0108. The summed E-state index contributed by atoms with van der Waals surface area (Å²) in [6.07, 6.45) is 3.67. The van der Waals surface area contributed by atoms with Crippen LogP contribution in [0, 0.1) is 0 Å². The molecule has 6 nitrogen and oxygen atoms in total. The van der Waals surface area contributed by atoms with Gasteiger partial charge < -0.3 is 4.90 Å². The van der Waals surface area contributed by atoms with Gasteiger partial charge in [-0.05, 0) is 36.2 Å². The predicted molar refractivity (Wildman–Crippen MR) is 111 cm³/mol. The molecule has 0 radical (unpaired) electrons. The van der Waals surface area contributed by atoms with Crippen LogP contribution in [0.4, 0.5) is 0 Å². The summed E-state index contributed by atoms with van der Waals surface area (Å²) in [5.41, 5.74) is 1.14. The zero-order chi connectivity index (χ0) is 20.0. The second-order valence-corrected chi connectivity index (χ2v) is 9.57. The number of carbonyl (C=O) groups is 1. The van der Waals surface area contributed by atoms with Gasteiger partial charge in [0, 0.05) is 32.4 Å². The van der Waals surface area contributed by atoms with E-state index in [2.05, 4.69) is 11.9 Å². The molecule has 0 spiro atoms. The molecule has 2 heterocycles. The number of piperazine rings is 1. The number of hydrogen-bond donors (Lipinski definition) is 0. The Morgan fingerprint density at radius 1 is 1.07 bits per heavy atom. The van der Waals surface area contributed by atoms with Gasteiger partial charge in [0.1, 0.15) is 0 Å². The average Bonchev–Trinajstić information content (AvgIpc) is 2.73. The smallest absolute Gasteiger partial charge is 0.243 e. The number of aromatic nitrogens is 1. The third-order valence-corrected chi connectivity index (χ3v) is 7.51. The van der Waals surface area contributed by atoms with Crippen LogP contribution in [0.3, 0.4) is 0 Å². The highest BCUT2D eigenvalue weighted by Crippen LogP contribution is 2.20. The maximum absolute atomic E-state index is 12.9. The first-order valence-corrected chi connectivity index (χ1v) is 11.8. The molecule has 1 aliphatic heterocycles. The van der Waals surface area contributed by atoms with E-state index in [-0.39, 0.29) is 5.91 Å². The largest absolute Gasteiger partial charge is 0.339 e. The Kier molecular flexibility index (Phi) is 7.09. The Balaban J connectivity index is 1.54. The van der Waals surface area contributed by atoms with Crippen molar-refractivity contribution in [2.45, 2.75) is 29.7 Å². The van der Waals surface area contributed by atoms with Gasteiger partial charge in [-0.25, -0.2) is 13.4 Å². The molecule has 0 N–H and O–H groups in total. The molecule has 1 fully saturated rings. The molecule has 0 bridgehead atoms. The van der Waals surface area contributed by atoms with E-state index in [0.29, 0.717) is 36.8 Å². The first-order chi connectivity index (χ1) is 13.5. The standard InChI is InChI=1S/C20H25N3O3S2/c1-2-5-17-7-9-18(10-8-17)28(25,26)23-14-12-22(13-15-23)20(24)16-27-19-6-3-4-11-21-19/h3-4,6-11H,2,5,12-16H2,1H3. The van der Waals surface area contributed by atoms with Crippen molar-refractivity contribution in [2.75, 3.05) is 31.9 Å². The molecule has 0 aliphatic carbocycles. The predicted octanol–water partition coefficient (Wildman–Crippen LogP) is 2.66. The van der Waals surface area contributed by atoms with Crippen molar-refractivity contribution in [2.24, 2.45) is 0 Å². The van der Waals surface area contributed by atoms with Gasteiger partial charge >= 0.3 is 0 Å². The second kappa shape index (κ2) is 9.54. The number of carbonyl (C=O) groups excluding carboxylic acids is 1. The molecule has 0 saturated carbocycles. The highest BCUT2D eigenvalue weighted by Gasteiger charge is 2.30. The second-order valence-electron chi connectivity index (χ2n) is 6.64. The lowest BCUT2D eigenvalue weighted by atomic mass is 10.1. The zero-order valence-corrected chi connectivity index (χ0v) is 17.6. The fraction of sp³-hybridized carbons (Fsp3) is 0.400. The fourth-order valence-electron chi connectivity index (χ4n) is 3.10. The van der Waals surface area contributed by atoms with Crippen molar-refractivity contribution in [1.82, 2.24) is 14.2 Å².